The molecule has 1 aliphatic heterocycles. The lowest BCUT2D eigenvalue weighted by Crippen LogP contribution is -2.47. The number of nitrogens with two attached hydrogens (primary N) is 1. The number of guanidine groups is 1. The van der Waals surface area contributed by atoms with E-state index in [1.807, 2.05) is 25.1 Å². The Bertz CT molecular complexity index is 950. The lowest BCUT2D eigenvalue weighted by molar-refractivity contribution is -0.274. The van der Waals surface area contributed by atoms with Crippen molar-refractivity contribution in [3.8, 4) is 5.75 Å². The Balaban J connectivity index is 1.53. The van der Waals surface area contributed by atoms with Crippen molar-refractivity contribution in [1.82, 2.24) is 5.32 Å². The van der Waals surface area contributed by atoms with Crippen LogP contribution in [0.4, 0.5) is 18.9 Å². The summed E-state index contributed by atoms with van der Waals surface area (Å²) in [7, 11) is 0. The number of alkyl halides is 3. The molecule has 0 aromatic heterocycles. The van der Waals surface area contributed by atoms with Crippen molar-refractivity contribution in [2.24, 2.45) is 10.7 Å². The summed E-state index contributed by atoms with van der Waals surface area (Å²) in [5, 5.41) is 6.45. The SMILES string of the molecule is CC1(N)N=C(Nc2ccc(OC(F)(F)F)cc2)NC2=C1CCC2c1ccccc1. The Morgan fingerprint density at radius 2 is 1.83 bits per heavy atom. The number of rotatable bonds is 3. The predicted octanol–water partition coefficient (Wildman–Crippen LogP) is 4.46. The van der Waals surface area contributed by atoms with Gasteiger partial charge in [-0.1, -0.05) is 30.3 Å². The number of nitrogens with one attached hydrogen (secondary N) is 2. The minimum absolute atomic E-state index is 0.198. The molecule has 1 aliphatic carbocycles. The summed E-state index contributed by atoms with van der Waals surface area (Å²) in [5.74, 6) is 0.375. The summed E-state index contributed by atoms with van der Waals surface area (Å²) in [5.41, 5.74) is 9.50. The highest BCUT2D eigenvalue weighted by molar-refractivity contribution is 5.96. The number of hydrogen-bond donors (Lipinski definition) is 3. The van der Waals surface area contributed by atoms with Gasteiger partial charge >= 0.3 is 6.36 Å². The second-order valence-corrected chi connectivity index (χ2v) is 7.32. The zero-order chi connectivity index (χ0) is 20.6. The Morgan fingerprint density at radius 3 is 2.48 bits per heavy atom. The third kappa shape index (κ3) is 4.22. The molecule has 2 aliphatic rings. The van der Waals surface area contributed by atoms with Gasteiger partial charge < -0.3 is 21.1 Å². The second-order valence-electron chi connectivity index (χ2n) is 7.32. The number of allylic oxidation sites excluding steroid dienone is 1. The molecular weight excluding hydrogens is 381 g/mol. The topological polar surface area (TPSA) is 71.7 Å². The van der Waals surface area contributed by atoms with Gasteiger partial charge in [-0.3, -0.25) is 0 Å². The Morgan fingerprint density at radius 1 is 1.14 bits per heavy atom. The van der Waals surface area contributed by atoms with Crippen molar-refractivity contribution in [3.63, 3.8) is 0 Å². The van der Waals surface area contributed by atoms with E-state index in [-0.39, 0.29) is 11.7 Å². The highest BCUT2D eigenvalue weighted by Crippen LogP contribution is 2.43. The Kier molecular flexibility index (Phi) is 4.74. The quantitative estimate of drug-likeness (QED) is 0.709. The molecule has 4 rings (SSSR count). The van der Waals surface area contributed by atoms with Crippen LogP contribution < -0.4 is 21.1 Å². The van der Waals surface area contributed by atoms with Crippen molar-refractivity contribution < 1.29 is 17.9 Å². The molecule has 8 heteroatoms. The molecule has 2 aromatic rings. The largest absolute Gasteiger partial charge is 0.573 e. The van der Waals surface area contributed by atoms with E-state index in [2.05, 4.69) is 32.5 Å². The van der Waals surface area contributed by atoms with Crippen LogP contribution in [0.1, 0.15) is 31.2 Å². The highest BCUT2D eigenvalue weighted by atomic mass is 19.4. The fourth-order valence-electron chi connectivity index (χ4n) is 3.88. The van der Waals surface area contributed by atoms with Gasteiger partial charge in [-0.25, -0.2) is 4.99 Å². The molecule has 0 amide bonds. The highest BCUT2D eigenvalue weighted by Gasteiger charge is 2.39. The van der Waals surface area contributed by atoms with Crippen molar-refractivity contribution in [1.29, 1.82) is 0 Å². The molecule has 0 saturated heterocycles. The Hall–Kier alpha value is -3.00. The van der Waals surface area contributed by atoms with Crippen LogP contribution in [-0.4, -0.2) is 18.0 Å². The van der Waals surface area contributed by atoms with Gasteiger partial charge in [0.05, 0.1) is 0 Å². The number of ether oxygens (including phenoxy) is 1. The predicted molar refractivity (Wildman–Crippen MR) is 105 cm³/mol. The molecule has 0 bridgehead atoms. The molecule has 2 unspecified atom stereocenters. The summed E-state index contributed by atoms with van der Waals surface area (Å²) in [6.45, 7) is 1.86. The average molecular weight is 402 g/mol. The van der Waals surface area contributed by atoms with Crippen molar-refractivity contribution in [2.75, 3.05) is 5.32 Å². The lowest BCUT2D eigenvalue weighted by Gasteiger charge is -2.32. The number of anilines is 1. The molecule has 0 spiro atoms. The van der Waals surface area contributed by atoms with E-state index >= 15 is 0 Å². The van der Waals surface area contributed by atoms with Crippen LogP contribution in [0.15, 0.2) is 70.9 Å². The van der Waals surface area contributed by atoms with E-state index in [4.69, 9.17) is 5.73 Å². The number of benzene rings is 2. The van der Waals surface area contributed by atoms with Crippen LogP contribution in [0.2, 0.25) is 0 Å². The molecule has 0 saturated carbocycles. The minimum atomic E-state index is -4.72. The maximum Gasteiger partial charge on any atom is 0.573 e. The van der Waals surface area contributed by atoms with Crippen molar-refractivity contribution >= 4 is 11.6 Å². The van der Waals surface area contributed by atoms with E-state index < -0.39 is 12.0 Å². The average Bonchev–Trinajstić information content (AvgIpc) is 3.07. The third-order valence-corrected chi connectivity index (χ3v) is 5.12. The molecule has 152 valence electrons. The van der Waals surface area contributed by atoms with E-state index in [0.717, 1.165) is 24.1 Å². The molecule has 5 nitrogen and oxygen atoms in total. The zero-order valence-electron chi connectivity index (χ0n) is 15.8. The zero-order valence-corrected chi connectivity index (χ0v) is 15.8. The number of halogens is 3. The van der Waals surface area contributed by atoms with Crippen LogP contribution in [-0.2, 0) is 0 Å². The van der Waals surface area contributed by atoms with Gasteiger partial charge in [-0.15, -0.1) is 13.2 Å². The minimum Gasteiger partial charge on any atom is -0.406 e. The molecule has 2 atom stereocenters. The standard InChI is InChI=1S/C21H21F3N4O/c1-20(25)17-12-11-16(13-5-3-2-4-6-13)18(17)27-19(28-20)26-14-7-9-15(10-8-14)29-21(22,23)24/h2-10,16H,11-12,25H2,1H3,(H2,26,27,28). The first-order valence-corrected chi connectivity index (χ1v) is 9.28. The van der Waals surface area contributed by atoms with Crippen molar-refractivity contribution in [2.45, 2.75) is 37.7 Å². The van der Waals surface area contributed by atoms with Gasteiger partial charge in [0.1, 0.15) is 11.4 Å². The van der Waals surface area contributed by atoms with Crippen LogP contribution in [0.3, 0.4) is 0 Å². The fourth-order valence-corrected chi connectivity index (χ4v) is 3.88. The first-order chi connectivity index (χ1) is 13.7. The molecule has 0 fully saturated rings. The summed E-state index contributed by atoms with van der Waals surface area (Å²) in [4.78, 5) is 4.57. The molecular formula is C21H21F3N4O. The van der Waals surface area contributed by atoms with E-state index in [0.29, 0.717) is 11.6 Å². The molecule has 29 heavy (non-hydrogen) atoms. The smallest absolute Gasteiger partial charge is 0.406 e. The van der Waals surface area contributed by atoms with Gasteiger partial charge in [-0.05, 0) is 55.2 Å². The maximum absolute atomic E-state index is 12.3. The molecule has 4 N–H and O–H groups in total. The first kappa shape index (κ1) is 19.3. The summed E-state index contributed by atoms with van der Waals surface area (Å²) < 4.78 is 40.8. The second kappa shape index (κ2) is 7.11. The molecule has 0 radical (unpaired) electrons. The van der Waals surface area contributed by atoms with Gasteiger partial charge in [0.25, 0.3) is 0 Å². The summed E-state index contributed by atoms with van der Waals surface area (Å²) in [6.07, 6.45) is -2.92. The molecule has 1 heterocycles. The van der Waals surface area contributed by atoms with Gasteiger partial charge in [0, 0.05) is 17.3 Å². The van der Waals surface area contributed by atoms with Crippen molar-refractivity contribution in [3.05, 3.63) is 71.4 Å². The maximum atomic E-state index is 12.3. The van der Waals surface area contributed by atoms with E-state index in [9.17, 15) is 13.2 Å². The van der Waals surface area contributed by atoms with E-state index in [1.54, 1.807) is 0 Å². The van der Waals surface area contributed by atoms with Crippen LogP contribution in [0.5, 0.6) is 5.75 Å². The lowest BCUT2D eigenvalue weighted by atomic mass is 9.95. The first-order valence-electron chi connectivity index (χ1n) is 9.28. The Labute approximate surface area is 166 Å². The molecule has 2 aromatic carbocycles. The van der Waals surface area contributed by atoms with Gasteiger partial charge in [0.15, 0.2) is 0 Å². The summed E-state index contributed by atoms with van der Waals surface area (Å²) >= 11 is 0. The fraction of sp³-hybridized carbons (Fsp3) is 0.286. The van der Waals surface area contributed by atoms with Gasteiger partial charge in [-0.2, -0.15) is 0 Å². The van der Waals surface area contributed by atoms with E-state index in [1.165, 1.54) is 29.8 Å². The number of aliphatic imine (C=N–C) groups is 1. The van der Waals surface area contributed by atoms with Gasteiger partial charge in [0.2, 0.25) is 5.96 Å². The number of hydrogen-bond acceptors (Lipinski definition) is 5. The van der Waals surface area contributed by atoms with Crippen LogP contribution in [0.25, 0.3) is 0 Å². The summed E-state index contributed by atoms with van der Waals surface area (Å²) in [6, 6.07) is 15.7. The normalized spacial score (nSPS) is 23.9. The van der Waals surface area contributed by atoms with Crippen LogP contribution in [0, 0.1) is 0 Å². The monoisotopic (exact) mass is 402 g/mol. The number of nitrogens with zero attached hydrogens (tertiary/aromatic N) is 1. The third-order valence-electron chi connectivity index (χ3n) is 5.12. The van der Waals surface area contributed by atoms with Crippen LogP contribution >= 0.6 is 0 Å².